The summed E-state index contributed by atoms with van der Waals surface area (Å²) >= 11 is 0. The molecule has 130 valence electrons. The van der Waals surface area contributed by atoms with Gasteiger partial charge in [0.05, 0.1) is 12.9 Å². The highest BCUT2D eigenvalue weighted by Crippen LogP contribution is 2.27. The second-order valence-corrected chi connectivity index (χ2v) is 5.93. The van der Waals surface area contributed by atoms with Crippen molar-refractivity contribution in [3.05, 3.63) is 24.1 Å². The lowest BCUT2D eigenvalue weighted by atomic mass is 10.2. The van der Waals surface area contributed by atoms with Gasteiger partial charge in [-0.2, -0.15) is 14.4 Å². The summed E-state index contributed by atoms with van der Waals surface area (Å²) < 4.78 is 21.5. The zero-order valence-electron chi connectivity index (χ0n) is 13.7. The van der Waals surface area contributed by atoms with E-state index in [0.717, 1.165) is 31.3 Å². The SMILES string of the molecule is C/C(=C\CNc1nc(F)nc2c1ncn2C1CCCCCO1)CO. The summed E-state index contributed by atoms with van der Waals surface area (Å²) in [7, 11) is 0. The molecule has 1 saturated heterocycles. The predicted molar refractivity (Wildman–Crippen MR) is 88.1 cm³/mol. The first-order chi connectivity index (χ1) is 11.7. The van der Waals surface area contributed by atoms with Crippen LogP contribution in [-0.2, 0) is 4.74 Å². The molecule has 0 spiro atoms. The van der Waals surface area contributed by atoms with Crippen LogP contribution in [-0.4, -0.2) is 44.4 Å². The van der Waals surface area contributed by atoms with Crippen molar-refractivity contribution in [2.75, 3.05) is 25.1 Å². The molecule has 0 amide bonds. The van der Waals surface area contributed by atoms with Gasteiger partial charge in [0.15, 0.2) is 17.0 Å². The summed E-state index contributed by atoms with van der Waals surface area (Å²) in [5.74, 6) is 0.340. The number of nitrogens with zero attached hydrogens (tertiary/aromatic N) is 4. The summed E-state index contributed by atoms with van der Waals surface area (Å²) in [6, 6.07) is 0. The molecular formula is C16H22FN5O2. The van der Waals surface area contributed by atoms with E-state index in [4.69, 9.17) is 9.84 Å². The van der Waals surface area contributed by atoms with Crippen LogP contribution in [0, 0.1) is 6.08 Å². The second kappa shape index (κ2) is 7.67. The third kappa shape index (κ3) is 3.70. The average Bonchev–Trinajstić information content (AvgIpc) is 2.81. The molecule has 0 saturated carbocycles. The van der Waals surface area contributed by atoms with Crippen LogP contribution in [0.1, 0.15) is 38.8 Å². The van der Waals surface area contributed by atoms with Crippen LogP contribution >= 0.6 is 0 Å². The van der Waals surface area contributed by atoms with Crippen molar-refractivity contribution >= 4 is 17.0 Å². The minimum Gasteiger partial charge on any atom is -0.392 e. The Bertz CT molecular complexity index is 723. The quantitative estimate of drug-likeness (QED) is 0.645. The highest BCUT2D eigenvalue weighted by Gasteiger charge is 2.20. The first-order valence-corrected chi connectivity index (χ1v) is 8.21. The molecule has 0 aromatic carbocycles. The molecule has 1 fully saturated rings. The molecular weight excluding hydrogens is 313 g/mol. The van der Waals surface area contributed by atoms with Gasteiger partial charge >= 0.3 is 6.08 Å². The molecule has 3 heterocycles. The van der Waals surface area contributed by atoms with Gasteiger partial charge in [0.1, 0.15) is 6.23 Å². The number of rotatable bonds is 5. The largest absolute Gasteiger partial charge is 0.392 e. The van der Waals surface area contributed by atoms with Gasteiger partial charge in [-0.25, -0.2) is 4.98 Å². The molecule has 8 heteroatoms. The van der Waals surface area contributed by atoms with Crippen molar-refractivity contribution in [2.24, 2.45) is 0 Å². The van der Waals surface area contributed by atoms with E-state index in [-0.39, 0.29) is 12.8 Å². The number of anilines is 1. The number of imidazole rings is 1. The monoisotopic (exact) mass is 335 g/mol. The van der Waals surface area contributed by atoms with Crippen LogP contribution < -0.4 is 5.32 Å². The Morgan fingerprint density at radius 3 is 3.17 bits per heavy atom. The van der Waals surface area contributed by atoms with E-state index in [9.17, 15) is 4.39 Å². The van der Waals surface area contributed by atoms with Crippen molar-refractivity contribution in [1.82, 2.24) is 19.5 Å². The first-order valence-electron chi connectivity index (χ1n) is 8.21. The number of nitrogens with one attached hydrogen (secondary N) is 1. The predicted octanol–water partition coefficient (Wildman–Crippen LogP) is 2.41. The third-order valence-corrected chi connectivity index (χ3v) is 4.08. The lowest BCUT2D eigenvalue weighted by molar-refractivity contribution is 0.00928. The molecule has 2 aromatic heterocycles. The number of aliphatic hydroxyl groups excluding tert-OH is 1. The number of hydrogen-bond acceptors (Lipinski definition) is 6. The first kappa shape index (κ1) is 16.8. The Balaban J connectivity index is 1.88. The van der Waals surface area contributed by atoms with E-state index in [1.807, 2.05) is 13.0 Å². The Labute approximate surface area is 139 Å². The number of aromatic nitrogens is 4. The summed E-state index contributed by atoms with van der Waals surface area (Å²) in [6.07, 6.45) is 6.57. The van der Waals surface area contributed by atoms with E-state index < -0.39 is 6.08 Å². The Kier molecular flexibility index (Phi) is 5.37. The fourth-order valence-electron chi connectivity index (χ4n) is 2.73. The standard InChI is InChI=1S/C16H22FN5O2/c1-11(9-23)6-7-18-14-13-15(21-16(17)20-14)22(10-19-13)12-5-3-2-4-8-24-12/h6,10,12,23H,2-5,7-9H2,1H3,(H,18,20,21)/b11-6+. The summed E-state index contributed by atoms with van der Waals surface area (Å²) in [6.45, 7) is 2.91. The van der Waals surface area contributed by atoms with Crippen LogP contribution in [0.4, 0.5) is 10.2 Å². The molecule has 0 radical (unpaired) electrons. The maximum atomic E-state index is 13.9. The third-order valence-electron chi connectivity index (χ3n) is 4.08. The Morgan fingerprint density at radius 1 is 1.46 bits per heavy atom. The number of halogens is 1. The van der Waals surface area contributed by atoms with E-state index >= 15 is 0 Å². The molecule has 1 aliphatic rings. The van der Waals surface area contributed by atoms with Crippen LogP contribution in [0.3, 0.4) is 0 Å². The molecule has 0 aliphatic carbocycles. The number of fused-ring (bicyclic) bond motifs is 1. The molecule has 2 aromatic rings. The van der Waals surface area contributed by atoms with Gasteiger partial charge < -0.3 is 15.2 Å². The lowest BCUT2D eigenvalue weighted by Crippen LogP contribution is -2.12. The van der Waals surface area contributed by atoms with Gasteiger partial charge in [-0.05, 0) is 26.2 Å². The highest BCUT2D eigenvalue weighted by molar-refractivity contribution is 5.82. The molecule has 24 heavy (non-hydrogen) atoms. The van der Waals surface area contributed by atoms with Crippen LogP contribution in [0.2, 0.25) is 0 Å². The molecule has 7 nitrogen and oxygen atoms in total. The normalized spacial score (nSPS) is 19.5. The highest BCUT2D eigenvalue weighted by atomic mass is 19.1. The molecule has 1 unspecified atom stereocenters. The fourth-order valence-corrected chi connectivity index (χ4v) is 2.73. The van der Waals surface area contributed by atoms with Crippen molar-refractivity contribution in [3.63, 3.8) is 0 Å². The Morgan fingerprint density at radius 2 is 2.33 bits per heavy atom. The van der Waals surface area contributed by atoms with Gasteiger partial charge in [0.2, 0.25) is 0 Å². The molecule has 1 aliphatic heterocycles. The summed E-state index contributed by atoms with van der Waals surface area (Å²) in [5.41, 5.74) is 1.77. The van der Waals surface area contributed by atoms with Crippen LogP contribution in [0.25, 0.3) is 11.2 Å². The molecule has 2 N–H and O–H groups in total. The second-order valence-electron chi connectivity index (χ2n) is 5.93. The van der Waals surface area contributed by atoms with E-state index in [0.29, 0.717) is 30.1 Å². The van der Waals surface area contributed by atoms with Crippen molar-refractivity contribution < 1.29 is 14.2 Å². The van der Waals surface area contributed by atoms with Crippen molar-refractivity contribution in [2.45, 2.75) is 38.8 Å². The van der Waals surface area contributed by atoms with E-state index in [1.54, 1.807) is 10.9 Å². The zero-order chi connectivity index (χ0) is 16.9. The van der Waals surface area contributed by atoms with Gasteiger partial charge in [0, 0.05) is 13.2 Å². The maximum absolute atomic E-state index is 13.9. The molecule has 1 atom stereocenters. The maximum Gasteiger partial charge on any atom is 0.312 e. The van der Waals surface area contributed by atoms with Gasteiger partial charge in [-0.3, -0.25) is 4.57 Å². The number of hydrogen-bond donors (Lipinski definition) is 2. The van der Waals surface area contributed by atoms with Crippen molar-refractivity contribution in [3.8, 4) is 0 Å². The zero-order valence-corrected chi connectivity index (χ0v) is 13.7. The number of aliphatic hydroxyl groups is 1. The van der Waals surface area contributed by atoms with Gasteiger partial charge in [0.25, 0.3) is 0 Å². The number of ether oxygens (including phenoxy) is 1. The summed E-state index contributed by atoms with van der Waals surface area (Å²) in [5, 5.41) is 12.0. The minimum absolute atomic E-state index is 0.0110. The van der Waals surface area contributed by atoms with E-state index in [1.165, 1.54) is 0 Å². The lowest BCUT2D eigenvalue weighted by Gasteiger charge is -2.16. The van der Waals surface area contributed by atoms with Crippen molar-refractivity contribution in [1.29, 1.82) is 0 Å². The molecule has 0 bridgehead atoms. The topological polar surface area (TPSA) is 85.1 Å². The van der Waals surface area contributed by atoms with Crippen LogP contribution in [0.5, 0.6) is 0 Å². The Hall–Kier alpha value is -2.06. The minimum atomic E-state index is -0.803. The van der Waals surface area contributed by atoms with Crippen LogP contribution in [0.15, 0.2) is 18.0 Å². The van der Waals surface area contributed by atoms with E-state index in [2.05, 4.69) is 20.3 Å². The van der Waals surface area contributed by atoms with Gasteiger partial charge in [-0.15, -0.1) is 0 Å². The van der Waals surface area contributed by atoms with Gasteiger partial charge in [-0.1, -0.05) is 18.1 Å². The smallest absolute Gasteiger partial charge is 0.312 e. The summed E-state index contributed by atoms with van der Waals surface area (Å²) in [4.78, 5) is 12.1. The fraction of sp³-hybridized carbons (Fsp3) is 0.562. The average molecular weight is 335 g/mol. The molecule has 3 rings (SSSR count).